The minimum absolute atomic E-state index is 0. The number of nitrogens with two attached hydrogens (primary N) is 1. The molecule has 130 valence electrons. The van der Waals surface area contributed by atoms with Crippen LogP contribution in [0.1, 0.15) is 37.4 Å². The van der Waals surface area contributed by atoms with Crippen molar-refractivity contribution in [1.29, 1.82) is 0 Å². The highest BCUT2D eigenvalue weighted by Gasteiger charge is 2.24. The number of nitrogen functional groups attached to an aromatic ring is 1. The highest BCUT2D eigenvalue weighted by Crippen LogP contribution is 2.35. The van der Waals surface area contributed by atoms with E-state index in [1.807, 2.05) is 18.2 Å². The van der Waals surface area contributed by atoms with Gasteiger partial charge in [-0.2, -0.15) is 27.0 Å². The van der Waals surface area contributed by atoms with Crippen LogP contribution < -0.4 is 5.73 Å². The molecule has 1 aliphatic carbocycles. The Kier molecular flexibility index (Phi) is 6.06. The predicted molar refractivity (Wildman–Crippen MR) is 111 cm³/mol. The highest BCUT2D eigenvalue weighted by molar-refractivity contribution is 9.10. The molecule has 4 N–H and O–H groups in total. The quantitative estimate of drug-likeness (QED) is 0.551. The van der Waals surface area contributed by atoms with Crippen molar-refractivity contribution in [3.63, 3.8) is 0 Å². The summed E-state index contributed by atoms with van der Waals surface area (Å²) in [6, 6.07) is 5.96. The molecule has 0 spiro atoms. The van der Waals surface area contributed by atoms with E-state index >= 15 is 0 Å². The number of nitrogens with zero attached hydrogens (tertiary/aromatic N) is 2. The fraction of sp³-hybridized carbons (Fsp3) is 0.375. The first-order chi connectivity index (χ1) is 10.6. The summed E-state index contributed by atoms with van der Waals surface area (Å²) in [4.78, 5) is 12.6. The SMILES string of the molecule is Nc1nc2cc(Br)ccc2c2nc(C3CCC(O)CC3)[nH]c12.S.S. The molecule has 0 aliphatic heterocycles. The van der Waals surface area contributed by atoms with Crippen LogP contribution in [0.25, 0.3) is 21.9 Å². The second-order valence-electron chi connectivity index (χ2n) is 6.01. The molecule has 5 nitrogen and oxygen atoms in total. The van der Waals surface area contributed by atoms with E-state index in [0.29, 0.717) is 11.7 Å². The summed E-state index contributed by atoms with van der Waals surface area (Å²) in [5.74, 6) is 1.81. The number of halogens is 1. The number of anilines is 1. The topological polar surface area (TPSA) is 87.8 Å². The molecular formula is C16H21BrN4OS2. The lowest BCUT2D eigenvalue weighted by Gasteiger charge is -2.23. The number of imidazole rings is 1. The summed E-state index contributed by atoms with van der Waals surface area (Å²) in [5.41, 5.74) is 8.64. The van der Waals surface area contributed by atoms with Crippen LogP contribution in [0.15, 0.2) is 22.7 Å². The van der Waals surface area contributed by atoms with Gasteiger partial charge in [0.05, 0.1) is 11.6 Å². The van der Waals surface area contributed by atoms with Crippen molar-refractivity contribution in [1.82, 2.24) is 15.0 Å². The molecule has 1 fully saturated rings. The van der Waals surface area contributed by atoms with Gasteiger partial charge in [0.15, 0.2) is 0 Å². The Hall–Kier alpha value is -0.960. The average molecular weight is 429 g/mol. The summed E-state index contributed by atoms with van der Waals surface area (Å²) in [6.45, 7) is 0. The second kappa shape index (κ2) is 7.51. The van der Waals surface area contributed by atoms with Gasteiger partial charge in [0.25, 0.3) is 0 Å². The molecule has 0 saturated heterocycles. The molecule has 3 aromatic rings. The maximum absolute atomic E-state index is 9.66. The van der Waals surface area contributed by atoms with Gasteiger partial charge in [0, 0.05) is 15.8 Å². The van der Waals surface area contributed by atoms with Crippen molar-refractivity contribution in [3.8, 4) is 0 Å². The Balaban J connectivity index is 0.00000104. The Morgan fingerprint density at radius 2 is 1.83 bits per heavy atom. The fourth-order valence-electron chi connectivity index (χ4n) is 3.30. The van der Waals surface area contributed by atoms with Crippen LogP contribution in [0.5, 0.6) is 0 Å². The number of pyridine rings is 1. The van der Waals surface area contributed by atoms with Gasteiger partial charge in [-0.3, -0.25) is 0 Å². The monoisotopic (exact) mass is 428 g/mol. The van der Waals surface area contributed by atoms with Crippen LogP contribution in [-0.2, 0) is 0 Å². The van der Waals surface area contributed by atoms with Crippen molar-refractivity contribution >= 4 is 70.7 Å². The second-order valence-corrected chi connectivity index (χ2v) is 6.93. The number of nitrogens with one attached hydrogen (secondary N) is 1. The number of aliphatic hydroxyl groups excluding tert-OH is 1. The summed E-state index contributed by atoms with van der Waals surface area (Å²) in [7, 11) is 0. The van der Waals surface area contributed by atoms with Crippen molar-refractivity contribution in [2.75, 3.05) is 5.73 Å². The van der Waals surface area contributed by atoms with E-state index in [1.54, 1.807) is 0 Å². The molecule has 0 bridgehead atoms. The molecule has 0 atom stereocenters. The maximum atomic E-state index is 9.66. The Morgan fingerprint density at radius 3 is 2.54 bits per heavy atom. The molecule has 2 heterocycles. The normalized spacial score (nSPS) is 20.6. The molecule has 0 radical (unpaired) electrons. The molecule has 1 aromatic carbocycles. The zero-order valence-corrected chi connectivity index (χ0v) is 16.6. The van der Waals surface area contributed by atoms with Crippen LogP contribution >= 0.6 is 42.9 Å². The zero-order valence-electron chi connectivity index (χ0n) is 13.0. The van der Waals surface area contributed by atoms with Gasteiger partial charge in [-0.15, -0.1) is 0 Å². The van der Waals surface area contributed by atoms with Gasteiger partial charge in [-0.25, -0.2) is 9.97 Å². The third kappa shape index (κ3) is 3.37. The molecule has 1 aliphatic rings. The fourth-order valence-corrected chi connectivity index (χ4v) is 3.65. The smallest absolute Gasteiger partial charge is 0.150 e. The minimum Gasteiger partial charge on any atom is -0.393 e. The molecular weight excluding hydrogens is 408 g/mol. The van der Waals surface area contributed by atoms with Gasteiger partial charge in [0.1, 0.15) is 22.7 Å². The summed E-state index contributed by atoms with van der Waals surface area (Å²) < 4.78 is 0.975. The summed E-state index contributed by atoms with van der Waals surface area (Å²) in [5, 5.41) is 10.7. The van der Waals surface area contributed by atoms with Crippen LogP contribution in [0.4, 0.5) is 5.82 Å². The Labute approximate surface area is 162 Å². The van der Waals surface area contributed by atoms with Gasteiger partial charge in [-0.1, -0.05) is 15.9 Å². The van der Waals surface area contributed by atoms with E-state index in [-0.39, 0.29) is 33.1 Å². The predicted octanol–water partition coefficient (Wildman–Crippen LogP) is 3.70. The van der Waals surface area contributed by atoms with Gasteiger partial charge in [0.2, 0.25) is 0 Å². The van der Waals surface area contributed by atoms with E-state index in [4.69, 9.17) is 10.7 Å². The molecule has 2 aromatic heterocycles. The average Bonchev–Trinajstić information content (AvgIpc) is 2.93. The van der Waals surface area contributed by atoms with E-state index in [0.717, 1.165) is 57.9 Å². The van der Waals surface area contributed by atoms with Crippen LogP contribution in [0.2, 0.25) is 0 Å². The van der Waals surface area contributed by atoms with E-state index in [1.165, 1.54) is 0 Å². The van der Waals surface area contributed by atoms with Crippen LogP contribution in [-0.4, -0.2) is 26.2 Å². The maximum Gasteiger partial charge on any atom is 0.150 e. The standard InChI is InChI=1S/C16H17BrN4O.2H2S/c17-9-3-6-11-12(7-9)19-15(18)14-13(11)20-16(21-14)8-1-4-10(22)5-2-8;;/h3,6-8,10,22H,1-2,4-5H2,(H2,18,19)(H,20,21);2*1H2. The first kappa shape index (κ1) is 19.4. The Bertz CT molecular complexity index is 862. The Morgan fingerprint density at radius 1 is 1.12 bits per heavy atom. The van der Waals surface area contributed by atoms with Crippen LogP contribution in [0, 0.1) is 0 Å². The molecule has 0 amide bonds. The van der Waals surface area contributed by atoms with Crippen LogP contribution in [0.3, 0.4) is 0 Å². The number of aromatic amines is 1. The van der Waals surface area contributed by atoms with Gasteiger partial charge < -0.3 is 15.8 Å². The van der Waals surface area contributed by atoms with Crippen molar-refractivity contribution in [2.45, 2.75) is 37.7 Å². The van der Waals surface area contributed by atoms with Crippen molar-refractivity contribution in [3.05, 3.63) is 28.5 Å². The van der Waals surface area contributed by atoms with Gasteiger partial charge >= 0.3 is 0 Å². The summed E-state index contributed by atoms with van der Waals surface area (Å²) in [6.07, 6.45) is 3.42. The minimum atomic E-state index is -0.162. The number of hydrogen-bond donors (Lipinski definition) is 3. The lowest BCUT2D eigenvalue weighted by molar-refractivity contribution is 0.121. The number of benzene rings is 1. The third-order valence-corrected chi connectivity index (χ3v) is 5.01. The van der Waals surface area contributed by atoms with E-state index in [2.05, 4.69) is 25.9 Å². The third-order valence-electron chi connectivity index (χ3n) is 4.52. The molecule has 24 heavy (non-hydrogen) atoms. The zero-order chi connectivity index (χ0) is 15.3. The lowest BCUT2D eigenvalue weighted by atomic mass is 9.87. The molecule has 1 saturated carbocycles. The number of H-pyrrole nitrogens is 1. The van der Waals surface area contributed by atoms with Gasteiger partial charge in [-0.05, 0) is 43.9 Å². The molecule has 8 heteroatoms. The number of fused-ring (bicyclic) bond motifs is 3. The largest absolute Gasteiger partial charge is 0.393 e. The highest BCUT2D eigenvalue weighted by atomic mass is 79.9. The van der Waals surface area contributed by atoms with Crippen molar-refractivity contribution in [2.24, 2.45) is 0 Å². The molecule has 0 unspecified atom stereocenters. The summed E-state index contributed by atoms with van der Waals surface area (Å²) >= 11 is 3.46. The first-order valence-corrected chi connectivity index (χ1v) is 8.33. The van der Waals surface area contributed by atoms with E-state index < -0.39 is 0 Å². The number of rotatable bonds is 1. The molecule has 4 rings (SSSR count). The number of aliphatic hydroxyl groups is 1. The first-order valence-electron chi connectivity index (χ1n) is 7.54. The lowest BCUT2D eigenvalue weighted by Crippen LogP contribution is -2.17. The number of aromatic nitrogens is 3. The van der Waals surface area contributed by atoms with E-state index in [9.17, 15) is 5.11 Å². The number of hydrogen-bond acceptors (Lipinski definition) is 4. The van der Waals surface area contributed by atoms with Crippen molar-refractivity contribution < 1.29 is 5.11 Å².